The van der Waals surface area contributed by atoms with Gasteiger partial charge < -0.3 is 5.73 Å². The summed E-state index contributed by atoms with van der Waals surface area (Å²) in [5.41, 5.74) is 11.6. The van der Waals surface area contributed by atoms with Crippen LogP contribution in [0.3, 0.4) is 0 Å². The average Bonchev–Trinajstić information content (AvgIpc) is 2.60. The molecule has 0 saturated heterocycles. The summed E-state index contributed by atoms with van der Waals surface area (Å²) < 4.78 is 0. The summed E-state index contributed by atoms with van der Waals surface area (Å²) in [4.78, 5) is 0. The molecule has 0 aliphatic carbocycles. The highest BCUT2D eigenvalue weighted by Gasteiger charge is 2.12. The van der Waals surface area contributed by atoms with Gasteiger partial charge in [-0.25, -0.2) is 0 Å². The molecule has 1 heterocycles. The molecule has 0 bridgehead atoms. The summed E-state index contributed by atoms with van der Waals surface area (Å²) >= 11 is 0. The second-order valence-electron chi connectivity index (χ2n) is 4.84. The highest BCUT2D eigenvalue weighted by Crippen LogP contribution is 2.29. The topological polar surface area (TPSA) is 54.7 Å². The summed E-state index contributed by atoms with van der Waals surface area (Å²) in [6.07, 6.45) is 0. The number of rotatable bonds is 2. The molecule has 3 heteroatoms. The van der Waals surface area contributed by atoms with E-state index in [1.165, 1.54) is 16.7 Å². The number of hydrogen-bond donors (Lipinski definition) is 2. The third-order valence-corrected chi connectivity index (χ3v) is 3.24. The van der Waals surface area contributed by atoms with Crippen LogP contribution in [-0.4, -0.2) is 10.2 Å². The molecular formula is C14H19N3. The summed E-state index contributed by atoms with van der Waals surface area (Å²) in [5, 5.41) is 7.08. The molecular weight excluding hydrogens is 210 g/mol. The van der Waals surface area contributed by atoms with Crippen molar-refractivity contribution in [1.82, 2.24) is 10.2 Å². The van der Waals surface area contributed by atoms with Crippen molar-refractivity contribution in [3.8, 4) is 11.3 Å². The highest BCUT2D eigenvalue weighted by molar-refractivity contribution is 5.71. The minimum atomic E-state index is 0.523. The van der Waals surface area contributed by atoms with Crippen LogP contribution < -0.4 is 5.73 Å². The molecule has 0 atom stereocenters. The van der Waals surface area contributed by atoms with Crippen LogP contribution >= 0.6 is 0 Å². The van der Waals surface area contributed by atoms with Gasteiger partial charge in [0.15, 0.2) is 0 Å². The number of nitrogens with one attached hydrogen (secondary N) is 1. The lowest BCUT2D eigenvalue weighted by Gasteiger charge is -2.10. The van der Waals surface area contributed by atoms with E-state index in [4.69, 9.17) is 5.73 Å². The van der Waals surface area contributed by atoms with Crippen LogP contribution in [-0.2, 0) is 0 Å². The van der Waals surface area contributed by atoms with E-state index < -0.39 is 0 Å². The fourth-order valence-corrected chi connectivity index (χ4v) is 1.94. The van der Waals surface area contributed by atoms with Gasteiger partial charge in [-0.2, -0.15) is 5.10 Å². The molecule has 1 aromatic heterocycles. The molecule has 90 valence electrons. The Bertz CT molecular complexity index is 538. The van der Waals surface area contributed by atoms with Crippen LogP contribution in [0.1, 0.15) is 36.5 Å². The number of anilines is 1. The van der Waals surface area contributed by atoms with Gasteiger partial charge in [-0.15, -0.1) is 0 Å². The van der Waals surface area contributed by atoms with Crippen molar-refractivity contribution in [3.63, 3.8) is 0 Å². The first-order chi connectivity index (χ1) is 8.00. The van der Waals surface area contributed by atoms with Crippen molar-refractivity contribution in [2.75, 3.05) is 5.73 Å². The lowest BCUT2D eigenvalue weighted by molar-refractivity contribution is 0.866. The van der Waals surface area contributed by atoms with Crippen molar-refractivity contribution in [2.45, 2.75) is 33.6 Å². The Morgan fingerprint density at radius 2 is 1.94 bits per heavy atom. The quantitative estimate of drug-likeness (QED) is 0.829. The van der Waals surface area contributed by atoms with E-state index in [2.05, 4.69) is 49.2 Å². The second kappa shape index (κ2) is 4.24. The summed E-state index contributed by atoms with van der Waals surface area (Å²) in [5.74, 6) is 1.10. The summed E-state index contributed by atoms with van der Waals surface area (Å²) in [7, 11) is 0. The largest absolute Gasteiger partial charge is 0.382 e. The molecule has 3 nitrogen and oxygen atoms in total. The van der Waals surface area contributed by atoms with Crippen LogP contribution in [0.2, 0.25) is 0 Å². The number of nitrogens with zero attached hydrogens (tertiary/aromatic N) is 1. The van der Waals surface area contributed by atoms with Crippen molar-refractivity contribution in [3.05, 3.63) is 34.9 Å². The minimum Gasteiger partial charge on any atom is -0.382 e. The number of aromatic amines is 1. The minimum absolute atomic E-state index is 0.523. The molecule has 3 N–H and O–H groups in total. The van der Waals surface area contributed by atoms with E-state index in [-0.39, 0.29) is 0 Å². The zero-order valence-corrected chi connectivity index (χ0v) is 10.8. The molecule has 2 rings (SSSR count). The molecule has 0 radical (unpaired) electrons. The Balaban J connectivity index is 2.58. The molecule has 0 spiro atoms. The first-order valence-corrected chi connectivity index (χ1v) is 5.92. The molecule has 0 aliphatic heterocycles. The number of nitrogen functional groups attached to an aromatic ring is 1. The van der Waals surface area contributed by atoms with Crippen LogP contribution in [0.5, 0.6) is 0 Å². The number of hydrogen-bond acceptors (Lipinski definition) is 2. The van der Waals surface area contributed by atoms with Crippen LogP contribution in [0.15, 0.2) is 18.2 Å². The maximum Gasteiger partial charge on any atom is 0.148 e. The van der Waals surface area contributed by atoms with Gasteiger partial charge in [0.05, 0.1) is 5.69 Å². The Morgan fingerprint density at radius 1 is 1.24 bits per heavy atom. The van der Waals surface area contributed by atoms with Crippen LogP contribution in [0.25, 0.3) is 11.3 Å². The third kappa shape index (κ3) is 2.05. The Kier molecular flexibility index (Phi) is 2.92. The first kappa shape index (κ1) is 11.7. The van der Waals surface area contributed by atoms with Crippen molar-refractivity contribution in [1.29, 1.82) is 0 Å². The van der Waals surface area contributed by atoms with E-state index in [9.17, 15) is 0 Å². The van der Waals surface area contributed by atoms with Gasteiger partial charge in [-0.1, -0.05) is 26.0 Å². The Morgan fingerprint density at radius 3 is 2.47 bits per heavy atom. The van der Waals surface area contributed by atoms with Crippen molar-refractivity contribution < 1.29 is 0 Å². The van der Waals surface area contributed by atoms with E-state index in [1.54, 1.807) is 0 Å². The SMILES string of the molecule is Cc1ccc(C(C)C)cc1-c1[nH]nc(N)c1C. The van der Waals surface area contributed by atoms with Crippen molar-refractivity contribution >= 4 is 5.82 Å². The number of aryl methyl sites for hydroxylation is 1. The van der Waals surface area contributed by atoms with E-state index in [0.29, 0.717) is 11.7 Å². The molecule has 0 amide bonds. The number of benzene rings is 1. The van der Waals surface area contributed by atoms with Gasteiger partial charge in [-0.05, 0) is 37.0 Å². The molecule has 0 aliphatic rings. The van der Waals surface area contributed by atoms with Gasteiger partial charge in [0.1, 0.15) is 5.82 Å². The fourth-order valence-electron chi connectivity index (χ4n) is 1.94. The molecule has 0 unspecified atom stereocenters. The lowest BCUT2D eigenvalue weighted by atomic mass is 9.95. The molecule has 0 fully saturated rings. The number of aromatic nitrogens is 2. The smallest absolute Gasteiger partial charge is 0.148 e. The second-order valence-corrected chi connectivity index (χ2v) is 4.84. The van der Waals surface area contributed by atoms with Crippen LogP contribution in [0.4, 0.5) is 5.82 Å². The van der Waals surface area contributed by atoms with E-state index in [1.807, 2.05) is 6.92 Å². The molecule has 1 aromatic carbocycles. The number of nitrogens with two attached hydrogens (primary N) is 1. The van der Waals surface area contributed by atoms with Gasteiger partial charge in [-0.3, -0.25) is 5.10 Å². The van der Waals surface area contributed by atoms with Gasteiger partial charge >= 0.3 is 0 Å². The monoisotopic (exact) mass is 229 g/mol. The van der Waals surface area contributed by atoms with Crippen molar-refractivity contribution in [2.24, 2.45) is 0 Å². The fraction of sp³-hybridized carbons (Fsp3) is 0.357. The van der Waals surface area contributed by atoms with Gasteiger partial charge in [0.25, 0.3) is 0 Å². The maximum atomic E-state index is 5.78. The zero-order chi connectivity index (χ0) is 12.6. The first-order valence-electron chi connectivity index (χ1n) is 5.92. The Labute approximate surface area is 102 Å². The Hall–Kier alpha value is -1.77. The predicted molar refractivity (Wildman–Crippen MR) is 72.0 cm³/mol. The van der Waals surface area contributed by atoms with E-state index in [0.717, 1.165) is 11.3 Å². The highest BCUT2D eigenvalue weighted by atomic mass is 15.2. The number of H-pyrrole nitrogens is 1. The lowest BCUT2D eigenvalue weighted by Crippen LogP contribution is -1.92. The van der Waals surface area contributed by atoms with Gasteiger partial charge in [0.2, 0.25) is 0 Å². The summed E-state index contributed by atoms with van der Waals surface area (Å²) in [6, 6.07) is 6.56. The van der Waals surface area contributed by atoms with Gasteiger partial charge in [0, 0.05) is 11.1 Å². The zero-order valence-electron chi connectivity index (χ0n) is 10.8. The third-order valence-electron chi connectivity index (χ3n) is 3.24. The molecule has 0 saturated carbocycles. The summed E-state index contributed by atoms with van der Waals surface area (Å²) in [6.45, 7) is 8.50. The maximum absolute atomic E-state index is 5.78. The standard InChI is InChI=1S/C14H19N3/c1-8(2)11-6-5-9(3)12(7-11)13-10(4)14(15)17-16-13/h5-8H,1-4H3,(H3,15,16,17). The van der Waals surface area contributed by atoms with Crippen LogP contribution in [0, 0.1) is 13.8 Å². The average molecular weight is 229 g/mol. The predicted octanol–water partition coefficient (Wildman–Crippen LogP) is 3.40. The van der Waals surface area contributed by atoms with E-state index >= 15 is 0 Å². The molecule has 2 aromatic rings. The normalized spacial score (nSPS) is 11.1. The molecule has 17 heavy (non-hydrogen) atoms.